The van der Waals surface area contributed by atoms with E-state index in [-0.39, 0.29) is 30.3 Å². The molecule has 2 heterocycles. The molecular formula is C42H43FN6O9. The minimum Gasteiger partial charge on any atom is -0.465 e. The van der Waals surface area contributed by atoms with E-state index in [1.165, 1.54) is 31.0 Å². The van der Waals surface area contributed by atoms with E-state index in [0.29, 0.717) is 48.6 Å². The number of nitrogens with zero attached hydrogens (tertiary/aromatic N) is 2. The first-order chi connectivity index (χ1) is 27.9. The first-order valence-electron chi connectivity index (χ1n) is 18.6. The third-order valence-electron chi connectivity index (χ3n) is 10.2. The Bertz CT molecular complexity index is 2160. The summed E-state index contributed by atoms with van der Waals surface area (Å²) in [6, 6.07) is 22.4. The van der Waals surface area contributed by atoms with E-state index in [2.05, 4.69) is 21.3 Å². The molecule has 5 N–H and O–H groups in total. The average molecular weight is 795 g/mol. The summed E-state index contributed by atoms with van der Waals surface area (Å²) in [5.41, 5.74) is 2.51. The van der Waals surface area contributed by atoms with Crippen LogP contribution in [0.2, 0.25) is 0 Å². The van der Waals surface area contributed by atoms with Gasteiger partial charge in [-0.2, -0.15) is 0 Å². The molecule has 0 bridgehead atoms. The summed E-state index contributed by atoms with van der Waals surface area (Å²) in [6.07, 6.45) is -1.11. The van der Waals surface area contributed by atoms with Crippen LogP contribution in [0.3, 0.4) is 0 Å². The van der Waals surface area contributed by atoms with Gasteiger partial charge in [0.15, 0.2) is 0 Å². The Balaban J connectivity index is 1.15. The summed E-state index contributed by atoms with van der Waals surface area (Å²) < 4.78 is 26.0. The number of amides is 6. The molecule has 0 aromatic heterocycles. The van der Waals surface area contributed by atoms with Crippen molar-refractivity contribution in [2.45, 2.75) is 51.0 Å². The van der Waals surface area contributed by atoms with E-state index in [4.69, 9.17) is 9.47 Å². The van der Waals surface area contributed by atoms with Crippen molar-refractivity contribution in [1.82, 2.24) is 15.1 Å². The predicted octanol–water partition coefficient (Wildman–Crippen LogP) is 5.76. The fourth-order valence-corrected chi connectivity index (χ4v) is 6.78. The maximum Gasteiger partial charge on any atom is 0.411 e. The van der Waals surface area contributed by atoms with Crippen molar-refractivity contribution in [2.24, 2.45) is 5.92 Å². The van der Waals surface area contributed by atoms with Crippen LogP contribution in [0.25, 0.3) is 0 Å². The molecule has 302 valence electrons. The number of ether oxygens (including phenoxy) is 2. The Labute approximate surface area is 333 Å². The van der Waals surface area contributed by atoms with E-state index < -0.39 is 59.8 Å². The number of benzene rings is 4. The Morgan fingerprint density at radius 3 is 2.22 bits per heavy atom. The number of rotatable bonds is 12. The molecule has 0 spiro atoms. The van der Waals surface area contributed by atoms with Gasteiger partial charge >= 0.3 is 12.2 Å². The summed E-state index contributed by atoms with van der Waals surface area (Å²) >= 11 is 0. The Morgan fingerprint density at radius 2 is 1.53 bits per heavy atom. The topological polar surface area (TPSA) is 196 Å². The fraction of sp³-hybridized carbons (Fsp3) is 0.286. The summed E-state index contributed by atoms with van der Waals surface area (Å²) in [4.78, 5) is 81.2. The normalized spacial score (nSPS) is 15.9. The quantitative estimate of drug-likeness (QED) is 0.119. The molecule has 3 atom stereocenters. The predicted molar refractivity (Wildman–Crippen MR) is 210 cm³/mol. The van der Waals surface area contributed by atoms with Crippen LogP contribution in [0.1, 0.15) is 52.9 Å². The van der Waals surface area contributed by atoms with Gasteiger partial charge in [-0.05, 0) is 84.8 Å². The van der Waals surface area contributed by atoms with Crippen LogP contribution >= 0.6 is 0 Å². The number of carbonyl (C=O) groups excluding carboxylic acids is 5. The molecule has 16 heteroatoms. The summed E-state index contributed by atoms with van der Waals surface area (Å²) in [5.74, 6) is -3.82. The number of anilines is 3. The molecule has 6 rings (SSSR count). The van der Waals surface area contributed by atoms with Crippen LogP contribution < -0.4 is 21.3 Å². The van der Waals surface area contributed by atoms with Gasteiger partial charge in [-0.3, -0.25) is 29.4 Å². The molecule has 1 unspecified atom stereocenters. The number of halogens is 1. The molecular weight excluding hydrogens is 751 g/mol. The standard InChI is InChI=1S/C42H43FN6O9/c1-25(48(2)42(55)56)37(50)47-35(27-18-20-57-21-19-27)40(53)49-23-29-10-6-7-11-32(29)36(49)39(52)46-34-22-28(12-17-33(34)43)38(51)44-30-13-15-31(16-14-30)45-41(54)58-24-26-8-4-3-5-9-26/h3-17,22,25,27,35-36H,18-21,23-24H2,1-2H3,(H,44,51)(H,45,54)(H,46,52)(H,47,50)(H,55,56)/t25?,35-,36-/m0/s1. The maximum absolute atomic E-state index is 15.3. The number of carbonyl (C=O) groups is 6. The van der Waals surface area contributed by atoms with Crippen molar-refractivity contribution in [2.75, 3.05) is 36.2 Å². The molecule has 1 saturated heterocycles. The van der Waals surface area contributed by atoms with Crippen LogP contribution in [0.5, 0.6) is 0 Å². The van der Waals surface area contributed by atoms with Crippen LogP contribution in [-0.4, -0.2) is 83.1 Å². The van der Waals surface area contributed by atoms with E-state index in [1.807, 2.05) is 30.3 Å². The molecule has 6 amide bonds. The van der Waals surface area contributed by atoms with Gasteiger partial charge in [0.1, 0.15) is 30.5 Å². The summed E-state index contributed by atoms with van der Waals surface area (Å²) in [7, 11) is 1.25. The van der Waals surface area contributed by atoms with E-state index in [1.54, 1.807) is 48.5 Å². The number of carboxylic acid groups (broad SMARTS) is 1. The van der Waals surface area contributed by atoms with Crippen molar-refractivity contribution < 1.29 is 47.7 Å². The largest absolute Gasteiger partial charge is 0.465 e. The summed E-state index contributed by atoms with van der Waals surface area (Å²) in [5, 5.41) is 20.1. The van der Waals surface area contributed by atoms with E-state index in [0.717, 1.165) is 16.5 Å². The van der Waals surface area contributed by atoms with E-state index in [9.17, 15) is 33.9 Å². The SMILES string of the molecule is CC(C(=O)N[C@H](C(=O)N1Cc2ccccc2[C@H]1C(=O)Nc1cc(C(=O)Nc2ccc(NC(=O)OCc3ccccc3)cc2)ccc1F)C1CCOCC1)N(C)C(=O)O. The monoisotopic (exact) mass is 794 g/mol. The molecule has 15 nitrogen and oxygen atoms in total. The van der Waals surface area contributed by atoms with Gasteiger partial charge < -0.3 is 35.4 Å². The Morgan fingerprint density at radius 1 is 0.879 bits per heavy atom. The molecule has 0 radical (unpaired) electrons. The van der Waals surface area contributed by atoms with Gasteiger partial charge in [0.05, 0.1) is 5.69 Å². The molecule has 2 aliphatic rings. The van der Waals surface area contributed by atoms with Crippen molar-refractivity contribution in [3.05, 3.63) is 125 Å². The molecule has 0 aliphatic carbocycles. The molecule has 1 fully saturated rings. The minimum absolute atomic E-state index is 0.0153. The second-order valence-electron chi connectivity index (χ2n) is 14.0. The highest BCUT2D eigenvalue weighted by molar-refractivity contribution is 6.06. The third kappa shape index (κ3) is 9.76. The lowest BCUT2D eigenvalue weighted by Gasteiger charge is -2.35. The zero-order chi connectivity index (χ0) is 41.3. The number of hydrogen-bond acceptors (Lipinski definition) is 8. The first-order valence-corrected chi connectivity index (χ1v) is 18.6. The smallest absolute Gasteiger partial charge is 0.411 e. The van der Waals surface area contributed by atoms with Gasteiger partial charge in [0.25, 0.3) is 11.8 Å². The number of likely N-dealkylation sites (N-methyl/N-ethyl adjacent to an activating group) is 1. The lowest BCUT2D eigenvalue weighted by molar-refractivity contribution is -0.144. The summed E-state index contributed by atoms with van der Waals surface area (Å²) in [6.45, 7) is 2.20. The van der Waals surface area contributed by atoms with Gasteiger partial charge in [-0.15, -0.1) is 0 Å². The lowest BCUT2D eigenvalue weighted by atomic mass is 9.90. The zero-order valence-corrected chi connectivity index (χ0v) is 31.8. The first kappa shape index (κ1) is 40.8. The van der Waals surface area contributed by atoms with Crippen LogP contribution in [0.15, 0.2) is 97.1 Å². The molecule has 58 heavy (non-hydrogen) atoms. The Kier molecular flexibility index (Phi) is 13.0. The highest BCUT2D eigenvalue weighted by atomic mass is 19.1. The van der Waals surface area contributed by atoms with Crippen molar-refractivity contribution in [3.63, 3.8) is 0 Å². The minimum atomic E-state index is -1.32. The highest BCUT2D eigenvalue weighted by Gasteiger charge is 2.44. The van der Waals surface area contributed by atoms with Crippen molar-refractivity contribution >= 4 is 52.9 Å². The second kappa shape index (κ2) is 18.4. The number of fused-ring (bicyclic) bond motifs is 1. The van der Waals surface area contributed by atoms with Crippen LogP contribution in [0.4, 0.5) is 31.0 Å². The fourth-order valence-electron chi connectivity index (χ4n) is 6.78. The maximum atomic E-state index is 15.3. The van der Waals surface area contributed by atoms with Crippen molar-refractivity contribution in [3.8, 4) is 0 Å². The van der Waals surface area contributed by atoms with Gasteiger partial charge in [-0.1, -0.05) is 54.6 Å². The van der Waals surface area contributed by atoms with Gasteiger partial charge in [0.2, 0.25) is 11.8 Å². The molecule has 4 aromatic rings. The van der Waals surface area contributed by atoms with Gasteiger partial charge in [-0.25, -0.2) is 14.0 Å². The highest BCUT2D eigenvalue weighted by Crippen LogP contribution is 2.37. The number of hydrogen-bond donors (Lipinski definition) is 5. The zero-order valence-electron chi connectivity index (χ0n) is 31.8. The third-order valence-corrected chi connectivity index (χ3v) is 10.2. The Hall–Kier alpha value is -6.81. The van der Waals surface area contributed by atoms with Crippen LogP contribution in [0, 0.1) is 11.7 Å². The van der Waals surface area contributed by atoms with Gasteiger partial charge in [0, 0.05) is 43.7 Å². The van der Waals surface area contributed by atoms with Crippen LogP contribution in [-0.2, 0) is 37.0 Å². The average Bonchev–Trinajstić information content (AvgIpc) is 3.63. The van der Waals surface area contributed by atoms with E-state index >= 15 is 4.39 Å². The lowest BCUT2D eigenvalue weighted by Crippen LogP contribution is -2.57. The molecule has 4 aromatic carbocycles. The second-order valence-corrected chi connectivity index (χ2v) is 14.0. The number of nitrogens with one attached hydrogen (secondary N) is 4. The molecule has 0 saturated carbocycles. The van der Waals surface area contributed by atoms with Crippen molar-refractivity contribution in [1.29, 1.82) is 0 Å². The molecule has 2 aliphatic heterocycles.